The summed E-state index contributed by atoms with van der Waals surface area (Å²) < 4.78 is 44.1. The number of halogens is 1. The smallest absolute Gasteiger partial charge is 0.306 e. The van der Waals surface area contributed by atoms with Crippen LogP contribution in [0.2, 0.25) is 0 Å². The third-order valence-electron chi connectivity index (χ3n) is 4.02. The Labute approximate surface area is 172 Å². The highest BCUT2D eigenvalue weighted by Crippen LogP contribution is 2.32. The van der Waals surface area contributed by atoms with Crippen LogP contribution in [0.4, 0.5) is 0 Å². The molecule has 9 heteroatoms. The lowest BCUT2D eigenvalue weighted by Crippen LogP contribution is -2.25. The maximum absolute atomic E-state index is 12.4. The van der Waals surface area contributed by atoms with Crippen LogP contribution in [-0.4, -0.2) is 34.1 Å². The molecule has 1 aliphatic heterocycles. The fourth-order valence-corrected chi connectivity index (χ4v) is 4.05. The molecule has 0 aliphatic carbocycles. The van der Waals surface area contributed by atoms with E-state index in [2.05, 4.69) is 20.7 Å². The summed E-state index contributed by atoms with van der Waals surface area (Å²) in [5.74, 6) is 0.553. The van der Waals surface area contributed by atoms with E-state index in [1.54, 1.807) is 6.07 Å². The lowest BCUT2D eigenvalue weighted by molar-refractivity contribution is -0.145. The first-order valence-corrected chi connectivity index (χ1v) is 11.0. The van der Waals surface area contributed by atoms with Crippen LogP contribution in [0, 0.1) is 0 Å². The predicted molar refractivity (Wildman–Crippen MR) is 106 cm³/mol. The Balaban J connectivity index is 1.44. The molecule has 0 fully saturated rings. The van der Waals surface area contributed by atoms with Crippen LogP contribution in [0.3, 0.4) is 0 Å². The summed E-state index contributed by atoms with van der Waals surface area (Å²) in [5.41, 5.74) is 0.871. The monoisotopic (exact) mass is 469 g/mol. The minimum Gasteiger partial charge on any atom is -0.486 e. The number of sulfonamides is 1. The second-order valence-electron chi connectivity index (χ2n) is 6.06. The van der Waals surface area contributed by atoms with Gasteiger partial charge in [-0.25, -0.2) is 13.1 Å². The number of esters is 1. The highest BCUT2D eigenvalue weighted by molar-refractivity contribution is 9.10. The molecule has 1 heterocycles. The fraction of sp³-hybridized carbons (Fsp3) is 0.316. The van der Waals surface area contributed by atoms with Crippen LogP contribution in [-0.2, 0) is 26.2 Å². The number of benzene rings is 2. The topological polar surface area (TPSA) is 90.9 Å². The van der Waals surface area contributed by atoms with E-state index in [0.717, 1.165) is 10.0 Å². The van der Waals surface area contributed by atoms with E-state index >= 15 is 0 Å². The molecule has 7 nitrogen and oxygen atoms in total. The highest BCUT2D eigenvalue weighted by Gasteiger charge is 2.19. The second kappa shape index (κ2) is 9.40. The van der Waals surface area contributed by atoms with E-state index in [-0.39, 0.29) is 30.4 Å². The molecule has 1 aliphatic rings. The number of fused-ring (bicyclic) bond motifs is 1. The number of carbonyl (C=O) groups is 1. The maximum atomic E-state index is 12.4. The lowest BCUT2D eigenvalue weighted by atomic mass is 10.2. The van der Waals surface area contributed by atoms with Crippen LogP contribution in [0.5, 0.6) is 11.5 Å². The van der Waals surface area contributed by atoms with Crippen molar-refractivity contribution in [3.8, 4) is 11.5 Å². The van der Waals surface area contributed by atoms with Crippen LogP contribution in [0.1, 0.15) is 18.4 Å². The van der Waals surface area contributed by atoms with Crippen LogP contribution >= 0.6 is 15.9 Å². The molecule has 28 heavy (non-hydrogen) atoms. The average molecular weight is 470 g/mol. The molecule has 0 saturated carbocycles. The van der Waals surface area contributed by atoms with Crippen LogP contribution in [0.25, 0.3) is 0 Å². The molecular formula is C19H20BrNO6S. The number of carbonyl (C=O) groups excluding carboxylic acids is 1. The molecule has 1 N–H and O–H groups in total. The van der Waals surface area contributed by atoms with Gasteiger partial charge in [-0.05, 0) is 24.6 Å². The van der Waals surface area contributed by atoms with Crippen molar-refractivity contribution >= 4 is 31.9 Å². The van der Waals surface area contributed by atoms with Gasteiger partial charge in [0, 0.05) is 29.1 Å². The van der Waals surface area contributed by atoms with Crippen LogP contribution in [0.15, 0.2) is 51.8 Å². The Bertz CT molecular complexity index is 947. The second-order valence-corrected chi connectivity index (χ2v) is 8.68. The lowest BCUT2D eigenvalue weighted by Gasteiger charge is -2.18. The summed E-state index contributed by atoms with van der Waals surface area (Å²) in [6.45, 7) is 1.12. The van der Waals surface area contributed by atoms with Gasteiger partial charge in [-0.1, -0.05) is 34.1 Å². The van der Waals surface area contributed by atoms with Gasteiger partial charge in [0.15, 0.2) is 11.5 Å². The molecule has 0 amide bonds. The van der Waals surface area contributed by atoms with Gasteiger partial charge in [0.1, 0.15) is 19.8 Å². The summed E-state index contributed by atoms with van der Waals surface area (Å²) in [5, 5.41) is 0. The van der Waals surface area contributed by atoms with Gasteiger partial charge in [-0.3, -0.25) is 4.79 Å². The summed E-state index contributed by atoms with van der Waals surface area (Å²) in [7, 11) is -3.70. The Hall–Kier alpha value is -2.10. The standard InChI is InChI=1S/C19H20BrNO6S/c20-16-5-2-1-4-14(16)13-27-19(22)6-3-9-21-28(23,24)15-7-8-17-18(12-15)26-11-10-25-17/h1-2,4-5,7-8,12,21H,3,6,9-11,13H2. The Morgan fingerprint density at radius 3 is 2.64 bits per heavy atom. The molecule has 0 spiro atoms. The van der Waals surface area contributed by atoms with E-state index in [9.17, 15) is 13.2 Å². The molecule has 2 aromatic rings. The number of nitrogens with one attached hydrogen (secondary N) is 1. The first-order chi connectivity index (χ1) is 13.5. The average Bonchev–Trinajstić information content (AvgIpc) is 2.70. The first-order valence-electron chi connectivity index (χ1n) is 8.74. The zero-order valence-corrected chi connectivity index (χ0v) is 17.4. The maximum Gasteiger partial charge on any atom is 0.306 e. The van der Waals surface area contributed by atoms with Gasteiger partial charge < -0.3 is 14.2 Å². The van der Waals surface area contributed by atoms with E-state index in [4.69, 9.17) is 14.2 Å². The molecule has 150 valence electrons. The summed E-state index contributed by atoms with van der Waals surface area (Å²) in [6, 6.07) is 11.9. The van der Waals surface area contributed by atoms with Gasteiger partial charge in [0.25, 0.3) is 0 Å². The van der Waals surface area contributed by atoms with Gasteiger partial charge in [-0.2, -0.15) is 0 Å². The molecule has 0 atom stereocenters. The molecular weight excluding hydrogens is 450 g/mol. The molecule has 0 radical (unpaired) electrons. The van der Waals surface area contributed by atoms with Gasteiger partial charge in [0.2, 0.25) is 10.0 Å². The first kappa shape index (κ1) is 20.6. The summed E-state index contributed by atoms with van der Waals surface area (Å²) in [6.07, 6.45) is 0.451. The van der Waals surface area contributed by atoms with Crippen molar-refractivity contribution in [3.05, 3.63) is 52.5 Å². The van der Waals surface area contributed by atoms with Crippen molar-refractivity contribution < 1.29 is 27.4 Å². The molecule has 2 aromatic carbocycles. The third kappa shape index (κ3) is 5.46. The summed E-state index contributed by atoms with van der Waals surface area (Å²) >= 11 is 3.39. The predicted octanol–water partition coefficient (Wildman–Crippen LogP) is 3.02. The zero-order valence-electron chi connectivity index (χ0n) is 15.0. The van der Waals surface area contributed by atoms with Crippen molar-refractivity contribution in [3.63, 3.8) is 0 Å². The molecule has 0 saturated heterocycles. The van der Waals surface area contributed by atoms with Crippen molar-refractivity contribution in [1.82, 2.24) is 4.72 Å². The molecule has 0 aromatic heterocycles. The molecule has 0 bridgehead atoms. The van der Waals surface area contributed by atoms with Crippen molar-refractivity contribution in [2.75, 3.05) is 19.8 Å². The van der Waals surface area contributed by atoms with Gasteiger partial charge in [-0.15, -0.1) is 0 Å². The largest absolute Gasteiger partial charge is 0.486 e. The van der Waals surface area contributed by atoms with E-state index in [0.29, 0.717) is 31.1 Å². The van der Waals surface area contributed by atoms with E-state index in [1.165, 1.54) is 12.1 Å². The minimum atomic E-state index is -3.70. The van der Waals surface area contributed by atoms with E-state index < -0.39 is 10.0 Å². The van der Waals surface area contributed by atoms with Crippen molar-refractivity contribution in [2.45, 2.75) is 24.3 Å². The van der Waals surface area contributed by atoms with Gasteiger partial charge >= 0.3 is 5.97 Å². The fourth-order valence-electron chi connectivity index (χ4n) is 2.56. The number of rotatable bonds is 8. The molecule has 3 rings (SSSR count). The zero-order chi connectivity index (χ0) is 20.0. The Morgan fingerprint density at radius 2 is 1.86 bits per heavy atom. The SMILES string of the molecule is O=C(CCCNS(=O)(=O)c1ccc2c(c1)OCCO2)OCc1ccccc1Br. The minimum absolute atomic E-state index is 0.0910. The molecule has 0 unspecified atom stereocenters. The Morgan fingerprint density at radius 1 is 1.11 bits per heavy atom. The number of ether oxygens (including phenoxy) is 3. The number of hydrogen-bond acceptors (Lipinski definition) is 6. The van der Waals surface area contributed by atoms with Gasteiger partial charge in [0.05, 0.1) is 4.90 Å². The third-order valence-corrected chi connectivity index (χ3v) is 6.25. The van der Waals surface area contributed by atoms with Crippen molar-refractivity contribution in [1.29, 1.82) is 0 Å². The van der Waals surface area contributed by atoms with Crippen LogP contribution < -0.4 is 14.2 Å². The quantitative estimate of drug-likeness (QED) is 0.471. The van der Waals surface area contributed by atoms with Crippen molar-refractivity contribution in [2.24, 2.45) is 0 Å². The normalized spacial score (nSPS) is 13.2. The number of hydrogen-bond donors (Lipinski definition) is 1. The highest BCUT2D eigenvalue weighted by atomic mass is 79.9. The Kier molecular flexibility index (Phi) is 6.93. The summed E-state index contributed by atoms with van der Waals surface area (Å²) in [4.78, 5) is 11.9. The van der Waals surface area contributed by atoms with E-state index in [1.807, 2.05) is 24.3 Å².